The van der Waals surface area contributed by atoms with E-state index >= 15 is 0 Å². The standard InChI is InChI=1S/C25H19N7O/c26-13-19-14-28-25-29-20-11-17-3-1-4-18-16-31-8-2-5-21(31)15-27-7-10-33-9-6-22(19)32(25)23(12-20)30-24(17)18/h1-8,10,12,14-15H,9,11,16H2,(H,28,29)/b10-7-,22-6?,27-15?. The molecule has 0 radical (unpaired) electrons. The van der Waals surface area contributed by atoms with Crippen molar-refractivity contribution < 1.29 is 4.74 Å². The number of guanidine groups is 1. The number of hydrogen-bond donors (Lipinski definition) is 1. The van der Waals surface area contributed by atoms with Gasteiger partial charge in [-0.15, -0.1) is 0 Å². The predicted molar refractivity (Wildman–Crippen MR) is 126 cm³/mol. The quantitative estimate of drug-likeness (QED) is 0.689. The first-order chi connectivity index (χ1) is 16.3. The van der Waals surface area contributed by atoms with Crippen LogP contribution in [-0.4, -0.2) is 34.1 Å². The first kappa shape index (κ1) is 19.1. The Bertz CT molecular complexity index is 1410. The van der Waals surface area contributed by atoms with Crippen LogP contribution in [0.4, 0.5) is 5.69 Å². The van der Waals surface area contributed by atoms with Crippen molar-refractivity contribution >= 4 is 23.7 Å². The fraction of sp³-hybridized carbons (Fsp3) is 0.120. The molecule has 1 N–H and O–H groups in total. The van der Waals surface area contributed by atoms with Crippen LogP contribution in [-0.2, 0) is 17.7 Å². The maximum absolute atomic E-state index is 9.72. The van der Waals surface area contributed by atoms with Gasteiger partial charge in [-0.3, -0.25) is 9.89 Å². The van der Waals surface area contributed by atoms with E-state index in [9.17, 15) is 5.26 Å². The van der Waals surface area contributed by atoms with Gasteiger partial charge in [-0.2, -0.15) is 5.26 Å². The van der Waals surface area contributed by atoms with Crippen LogP contribution in [0.1, 0.15) is 16.8 Å². The number of rotatable bonds is 0. The van der Waals surface area contributed by atoms with E-state index in [0.29, 0.717) is 30.2 Å². The fourth-order valence-electron chi connectivity index (χ4n) is 4.30. The minimum absolute atomic E-state index is 0.270. The average molecular weight is 433 g/mol. The Morgan fingerprint density at radius 3 is 3.03 bits per heavy atom. The summed E-state index contributed by atoms with van der Waals surface area (Å²) in [4.78, 5) is 15.8. The summed E-state index contributed by atoms with van der Waals surface area (Å²) < 4.78 is 7.74. The molecule has 1 aromatic carbocycles. The molecule has 0 unspecified atom stereocenters. The number of benzene rings is 1. The van der Waals surface area contributed by atoms with E-state index in [0.717, 1.165) is 34.0 Å². The number of allylic oxidation sites excluding steroid dienone is 2. The fourth-order valence-corrected chi connectivity index (χ4v) is 4.30. The molecule has 6 rings (SSSR count). The second-order valence-corrected chi connectivity index (χ2v) is 7.86. The van der Waals surface area contributed by atoms with Crippen molar-refractivity contribution in [1.29, 1.82) is 5.26 Å². The molecule has 0 spiro atoms. The molecule has 0 aliphatic carbocycles. The Kier molecular flexibility index (Phi) is 4.51. The lowest BCUT2D eigenvalue weighted by molar-refractivity contribution is 0.287. The third-order valence-electron chi connectivity index (χ3n) is 5.81. The molecule has 4 aliphatic heterocycles. The Morgan fingerprint density at radius 2 is 2.09 bits per heavy atom. The molecule has 0 fully saturated rings. The Labute approximate surface area is 190 Å². The molecule has 0 saturated carbocycles. The monoisotopic (exact) mass is 433 g/mol. The number of aromatic nitrogens is 1. The zero-order valence-electron chi connectivity index (χ0n) is 17.6. The van der Waals surface area contributed by atoms with Gasteiger partial charge < -0.3 is 14.6 Å². The van der Waals surface area contributed by atoms with Crippen LogP contribution in [0.25, 0.3) is 0 Å². The van der Waals surface area contributed by atoms with E-state index in [1.807, 2.05) is 35.4 Å². The maximum atomic E-state index is 9.72. The summed E-state index contributed by atoms with van der Waals surface area (Å²) in [7, 11) is 0. The van der Waals surface area contributed by atoms with Gasteiger partial charge in [0.25, 0.3) is 0 Å². The number of ether oxygens (including phenoxy) is 1. The molecule has 2 aromatic rings. The van der Waals surface area contributed by atoms with Gasteiger partial charge in [-0.05, 0) is 29.3 Å². The second-order valence-electron chi connectivity index (χ2n) is 7.86. The van der Waals surface area contributed by atoms with E-state index in [1.54, 1.807) is 18.6 Å². The van der Waals surface area contributed by atoms with Gasteiger partial charge in [-0.25, -0.2) is 9.98 Å². The lowest BCUT2D eigenvalue weighted by Crippen LogP contribution is -2.48. The zero-order chi connectivity index (χ0) is 22.2. The Morgan fingerprint density at radius 1 is 1.15 bits per heavy atom. The first-order valence-corrected chi connectivity index (χ1v) is 10.6. The van der Waals surface area contributed by atoms with Gasteiger partial charge in [0.05, 0.1) is 41.3 Å². The summed E-state index contributed by atoms with van der Waals surface area (Å²) in [6, 6.07) is 12.6. The molecule has 160 valence electrons. The van der Waals surface area contributed by atoms with Gasteiger partial charge >= 0.3 is 0 Å². The number of aliphatic imine (C=N–C) groups is 3. The van der Waals surface area contributed by atoms with Crippen molar-refractivity contribution in [2.24, 2.45) is 15.0 Å². The topological polar surface area (TPSA) is 90.3 Å². The predicted octanol–water partition coefficient (Wildman–Crippen LogP) is 3.49. The Hall–Kier alpha value is -4.64. The highest BCUT2D eigenvalue weighted by Crippen LogP contribution is 2.34. The van der Waals surface area contributed by atoms with Crippen LogP contribution in [0.3, 0.4) is 0 Å². The summed E-state index contributed by atoms with van der Waals surface area (Å²) >= 11 is 0. The van der Waals surface area contributed by atoms with Crippen LogP contribution in [0.15, 0.2) is 99.3 Å². The smallest absolute Gasteiger partial charge is 0.213 e. The molecule has 8 heteroatoms. The number of nitriles is 1. The molecular formula is C25H19N7O. The van der Waals surface area contributed by atoms with Gasteiger partial charge in [-0.1, -0.05) is 18.2 Å². The molecule has 0 atom stereocenters. The molecule has 0 amide bonds. The van der Waals surface area contributed by atoms with E-state index in [1.165, 1.54) is 6.26 Å². The third-order valence-corrected chi connectivity index (χ3v) is 5.81. The van der Waals surface area contributed by atoms with Crippen molar-refractivity contribution in [3.05, 3.63) is 101 Å². The van der Waals surface area contributed by atoms with E-state index in [-0.39, 0.29) is 6.61 Å². The molecule has 3 bridgehead atoms. The third kappa shape index (κ3) is 3.36. The first-order valence-electron chi connectivity index (χ1n) is 10.6. The maximum Gasteiger partial charge on any atom is 0.213 e. The van der Waals surface area contributed by atoms with Crippen LogP contribution in [0.5, 0.6) is 0 Å². The molecule has 1 aromatic heterocycles. The second kappa shape index (κ2) is 7.80. The molecule has 0 saturated heterocycles. The van der Waals surface area contributed by atoms with Crippen LogP contribution >= 0.6 is 0 Å². The van der Waals surface area contributed by atoms with Crippen LogP contribution in [0, 0.1) is 11.3 Å². The summed E-state index contributed by atoms with van der Waals surface area (Å²) in [5, 5.41) is 13.1. The van der Waals surface area contributed by atoms with E-state index in [4.69, 9.17) is 9.73 Å². The minimum Gasteiger partial charge on any atom is -0.495 e. The van der Waals surface area contributed by atoms with Gasteiger partial charge in [0.1, 0.15) is 24.8 Å². The zero-order valence-corrected chi connectivity index (χ0v) is 17.6. The van der Waals surface area contributed by atoms with Crippen molar-refractivity contribution in [3.8, 4) is 6.07 Å². The average Bonchev–Trinajstić information content (AvgIpc) is 3.19. The largest absolute Gasteiger partial charge is 0.495 e. The lowest BCUT2D eigenvalue weighted by Gasteiger charge is -2.34. The minimum atomic E-state index is 0.270. The highest BCUT2D eigenvalue weighted by Gasteiger charge is 2.32. The number of para-hydroxylation sites is 1. The molecular weight excluding hydrogens is 414 g/mol. The summed E-state index contributed by atoms with van der Waals surface area (Å²) in [5.74, 6) is 1.34. The normalized spacial score (nSPS) is 19.4. The van der Waals surface area contributed by atoms with Crippen LogP contribution in [0.2, 0.25) is 0 Å². The van der Waals surface area contributed by atoms with Crippen LogP contribution < -0.4 is 5.32 Å². The van der Waals surface area contributed by atoms with Crippen molar-refractivity contribution in [1.82, 2.24) is 14.8 Å². The van der Waals surface area contributed by atoms with Crippen molar-refractivity contribution in [2.45, 2.75) is 13.0 Å². The highest BCUT2D eigenvalue weighted by molar-refractivity contribution is 6.13. The van der Waals surface area contributed by atoms with Crippen molar-refractivity contribution in [2.75, 3.05) is 6.61 Å². The lowest BCUT2D eigenvalue weighted by atomic mass is 10.0. The number of hydrogen-bond acceptors (Lipinski definition) is 7. The van der Waals surface area contributed by atoms with E-state index < -0.39 is 0 Å². The van der Waals surface area contributed by atoms with Crippen molar-refractivity contribution in [3.63, 3.8) is 0 Å². The summed E-state index contributed by atoms with van der Waals surface area (Å²) in [6.07, 6.45) is 13.2. The number of amidine groups is 1. The highest BCUT2D eigenvalue weighted by atomic mass is 16.5. The van der Waals surface area contributed by atoms with E-state index in [2.05, 4.69) is 44.1 Å². The molecule has 8 nitrogen and oxygen atoms in total. The summed E-state index contributed by atoms with van der Waals surface area (Å²) in [5.41, 5.74) is 6.31. The van der Waals surface area contributed by atoms with Gasteiger partial charge in [0.15, 0.2) is 0 Å². The molecule has 4 aliphatic rings. The summed E-state index contributed by atoms with van der Waals surface area (Å²) in [6.45, 7) is 0.927. The Balaban J connectivity index is 1.55. The number of nitrogens with one attached hydrogen (secondary N) is 1. The number of fused-ring (bicyclic) bond motifs is 1. The molecule has 33 heavy (non-hydrogen) atoms. The number of nitrogens with zero attached hydrogens (tertiary/aromatic N) is 6. The van der Waals surface area contributed by atoms with Gasteiger partial charge in [0, 0.05) is 30.9 Å². The molecule has 5 heterocycles. The van der Waals surface area contributed by atoms with Gasteiger partial charge in [0.2, 0.25) is 5.96 Å². The SMILES string of the molecule is N#CC1=CN=C2NC3=CC4=Nc5c(cccc5Cn5cccc5C=N/C=C\OCC=C1N42)C3.